The van der Waals surface area contributed by atoms with E-state index in [1.807, 2.05) is 6.92 Å². The molecule has 0 aromatic rings. The number of hydrogen-bond donors (Lipinski definition) is 1. The first kappa shape index (κ1) is 12.8. The van der Waals surface area contributed by atoms with E-state index < -0.39 is 0 Å². The van der Waals surface area contributed by atoms with Crippen LogP contribution in [0, 0.1) is 5.92 Å². The van der Waals surface area contributed by atoms with Gasteiger partial charge in [0.05, 0.1) is 0 Å². The highest BCUT2D eigenvalue weighted by atomic mass is 32.2. The molecule has 0 heterocycles. The van der Waals surface area contributed by atoms with Crippen molar-refractivity contribution in [3.8, 4) is 0 Å². The van der Waals surface area contributed by atoms with Gasteiger partial charge in [-0.2, -0.15) is 11.8 Å². The number of ether oxygens (including phenoxy) is 1. The Bertz CT molecular complexity index is 142. The summed E-state index contributed by atoms with van der Waals surface area (Å²) in [5.41, 5.74) is 0. The fourth-order valence-corrected chi connectivity index (χ4v) is 1.56. The predicted octanol–water partition coefficient (Wildman–Crippen LogP) is 1.14. The monoisotopic (exact) mass is 205 g/mol. The van der Waals surface area contributed by atoms with Crippen molar-refractivity contribution in [2.45, 2.75) is 13.8 Å². The quantitative estimate of drug-likeness (QED) is 0.677. The van der Waals surface area contributed by atoms with E-state index in [9.17, 15) is 4.79 Å². The van der Waals surface area contributed by atoms with E-state index in [2.05, 4.69) is 18.5 Å². The first-order chi connectivity index (χ1) is 6.20. The van der Waals surface area contributed by atoms with Crippen LogP contribution in [0.1, 0.15) is 13.8 Å². The lowest BCUT2D eigenvalue weighted by atomic mass is 10.2. The van der Waals surface area contributed by atoms with E-state index in [0.717, 1.165) is 12.3 Å². The minimum Gasteiger partial charge on any atom is -0.372 e. The molecule has 0 bridgehead atoms. The Morgan fingerprint density at radius 1 is 1.62 bits per heavy atom. The summed E-state index contributed by atoms with van der Waals surface area (Å²) < 4.78 is 4.97. The van der Waals surface area contributed by atoms with Crippen molar-refractivity contribution in [3.05, 3.63) is 0 Å². The van der Waals surface area contributed by atoms with Gasteiger partial charge in [0.2, 0.25) is 5.91 Å². The molecule has 4 heteroatoms. The molecule has 1 atom stereocenters. The molecular weight excluding hydrogens is 186 g/mol. The van der Waals surface area contributed by atoms with Gasteiger partial charge in [-0.05, 0) is 24.9 Å². The summed E-state index contributed by atoms with van der Waals surface area (Å²) in [4.78, 5) is 11.1. The van der Waals surface area contributed by atoms with Crippen molar-refractivity contribution >= 4 is 17.7 Å². The molecule has 3 nitrogen and oxygen atoms in total. The van der Waals surface area contributed by atoms with Crippen molar-refractivity contribution < 1.29 is 9.53 Å². The predicted molar refractivity (Wildman–Crippen MR) is 57.0 cm³/mol. The van der Waals surface area contributed by atoms with Crippen molar-refractivity contribution in [1.82, 2.24) is 5.32 Å². The topological polar surface area (TPSA) is 38.3 Å². The number of thioether (sulfide) groups is 1. The largest absolute Gasteiger partial charge is 0.372 e. The summed E-state index contributed by atoms with van der Waals surface area (Å²) >= 11 is 1.80. The van der Waals surface area contributed by atoms with Gasteiger partial charge in [-0.3, -0.25) is 4.79 Å². The Kier molecular flexibility index (Phi) is 8.24. The van der Waals surface area contributed by atoms with Crippen molar-refractivity contribution in [2.75, 3.05) is 31.8 Å². The fraction of sp³-hybridized carbons (Fsp3) is 0.889. The second-order valence-corrected chi connectivity index (χ2v) is 3.91. The molecular formula is C9H19NO2S. The summed E-state index contributed by atoms with van der Waals surface area (Å²) in [7, 11) is 0. The van der Waals surface area contributed by atoms with Crippen LogP contribution in [0.2, 0.25) is 0 Å². The standard InChI is InChI=1S/C9H19NO2S/c1-4-12-6-9(11)10-5-8(2)7-13-3/h8H,4-7H2,1-3H3,(H,10,11). The van der Waals surface area contributed by atoms with E-state index in [0.29, 0.717) is 12.5 Å². The Morgan fingerprint density at radius 2 is 2.31 bits per heavy atom. The highest BCUT2D eigenvalue weighted by molar-refractivity contribution is 7.98. The van der Waals surface area contributed by atoms with Crippen LogP contribution in [-0.4, -0.2) is 37.7 Å². The molecule has 0 fully saturated rings. The van der Waals surface area contributed by atoms with E-state index in [1.165, 1.54) is 0 Å². The van der Waals surface area contributed by atoms with Crippen LogP contribution in [0.4, 0.5) is 0 Å². The molecule has 78 valence electrons. The van der Waals surface area contributed by atoms with Crippen molar-refractivity contribution in [1.29, 1.82) is 0 Å². The SMILES string of the molecule is CCOCC(=O)NCC(C)CSC. The third-order valence-electron chi connectivity index (χ3n) is 1.54. The van der Waals surface area contributed by atoms with E-state index in [4.69, 9.17) is 4.74 Å². The smallest absolute Gasteiger partial charge is 0.246 e. The van der Waals surface area contributed by atoms with Gasteiger partial charge in [0.15, 0.2) is 0 Å². The summed E-state index contributed by atoms with van der Waals surface area (Å²) in [6.07, 6.45) is 2.07. The minimum atomic E-state index is -0.0187. The average Bonchev–Trinajstić information content (AvgIpc) is 2.12. The van der Waals surface area contributed by atoms with Crippen molar-refractivity contribution in [2.24, 2.45) is 5.92 Å². The van der Waals surface area contributed by atoms with Gasteiger partial charge in [-0.15, -0.1) is 0 Å². The molecule has 0 aromatic heterocycles. The van der Waals surface area contributed by atoms with Crippen molar-refractivity contribution in [3.63, 3.8) is 0 Å². The normalized spacial score (nSPS) is 12.5. The number of nitrogens with one attached hydrogen (secondary N) is 1. The Hall–Kier alpha value is -0.220. The van der Waals surface area contributed by atoms with Gasteiger partial charge in [0.25, 0.3) is 0 Å². The third kappa shape index (κ3) is 8.12. The molecule has 1 amide bonds. The maximum absolute atomic E-state index is 11.1. The molecule has 0 aliphatic rings. The highest BCUT2D eigenvalue weighted by Crippen LogP contribution is 2.02. The summed E-state index contributed by atoms with van der Waals surface area (Å²) in [6.45, 7) is 5.52. The Morgan fingerprint density at radius 3 is 2.85 bits per heavy atom. The molecule has 0 aliphatic carbocycles. The number of amides is 1. The zero-order valence-electron chi connectivity index (χ0n) is 8.63. The zero-order chi connectivity index (χ0) is 10.1. The third-order valence-corrected chi connectivity index (χ3v) is 2.44. The molecule has 0 aliphatic heterocycles. The number of carbonyl (C=O) groups is 1. The second-order valence-electron chi connectivity index (χ2n) is 3.00. The number of hydrogen-bond acceptors (Lipinski definition) is 3. The number of rotatable bonds is 7. The highest BCUT2D eigenvalue weighted by Gasteiger charge is 2.04. The van der Waals surface area contributed by atoms with Crippen LogP contribution in [0.5, 0.6) is 0 Å². The van der Waals surface area contributed by atoms with Crippen LogP contribution in [0.3, 0.4) is 0 Å². The van der Waals surface area contributed by atoms with Gasteiger partial charge < -0.3 is 10.1 Å². The maximum Gasteiger partial charge on any atom is 0.246 e. The number of carbonyl (C=O) groups excluding carboxylic acids is 1. The first-order valence-corrected chi connectivity index (χ1v) is 5.93. The molecule has 1 unspecified atom stereocenters. The molecule has 0 aromatic carbocycles. The first-order valence-electron chi connectivity index (χ1n) is 4.54. The van der Waals surface area contributed by atoms with E-state index >= 15 is 0 Å². The second kappa shape index (κ2) is 8.38. The van der Waals surface area contributed by atoms with Gasteiger partial charge in [0, 0.05) is 13.2 Å². The van der Waals surface area contributed by atoms with Gasteiger partial charge in [-0.25, -0.2) is 0 Å². The minimum absolute atomic E-state index is 0.0187. The van der Waals surface area contributed by atoms with Crippen LogP contribution in [0.25, 0.3) is 0 Å². The summed E-state index contributed by atoms with van der Waals surface area (Å²) in [5, 5.41) is 2.82. The lowest BCUT2D eigenvalue weighted by molar-refractivity contribution is -0.125. The van der Waals surface area contributed by atoms with Crippen LogP contribution in [-0.2, 0) is 9.53 Å². The fourth-order valence-electron chi connectivity index (χ4n) is 0.877. The van der Waals surface area contributed by atoms with Crippen LogP contribution >= 0.6 is 11.8 Å². The average molecular weight is 205 g/mol. The lowest BCUT2D eigenvalue weighted by Crippen LogP contribution is -2.32. The van der Waals surface area contributed by atoms with Crippen LogP contribution < -0.4 is 5.32 Å². The Balaban J connectivity index is 3.34. The van der Waals surface area contributed by atoms with Gasteiger partial charge in [0.1, 0.15) is 6.61 Å². The van der Waals surface area contributed by atoms with Crippen LogP contribution in [0.15, 0.2) is 0 Å². The van der Waals surface area contributed by atoms with E-state index in [-0.39, 0.29) is 12.5 Å². The van der Waals surface area contributed by atoms with E-state index in [1.54, 1.807) is 11.8 Å². The lowest BCUT2D eigenvalue weighted by Gasteiger charge is -2.10. The zero-order valence-corrected chi connectivity index (χ0v) is 9.45. The Labute approximate surface area is 84.6 Å². The molecule has 13 heavy (non-hydrogen) atoms. The molecule has 0 rings (SSSR count). The maximum atomic E-state index is 11.1. The molecule has 0 saturated carbocycles. The summed E-state index contributed by atoms with van der Waals surface area (Å²) in [6, 6.07) is 0. The molecule has 0 spiro atoms. The molecule has 1 N–H and O–H groups in total. The molecule has 0 radical (unpaired) electrons. The van der Waals surface area contributed by atoms with Gasteiger partial charge in [-0.1, -0.05) is 6.92 Å². The molecule has 0 saturated heterocycles. The summed E-state index contributed by atoms with van der Waals surface area (Å²) in [5.74, 6) is 1.59. The van der Waals surface area contributed by atoms with Gasteiger partial charge >= 0.3 is 0 Å².